The van der Waals surface area contributed by atoms with E-state index in [0.717, 1.165) is 12.3 Å². The van der Waals surface area contributed by atoms with Crippen LogP contribution in [0.2, 0.25) is 0 Å². The third kappa shape index (κ3) is 4.56. The van der Waals surface area contributed by atoms with Gasteiger partial charge in [-0.2, -0.15) is 0 Å². The lowest BCUT2D eigenvalue weighted by Crippen LogP contribution is -2.14. The molecule has 1 aromatic carbocycles. The van der Waals surface area contributed by atoms with Gasteiger partial charge in [-0.05, 0) is 26.0 Å². The second-order valence-electron chi connectivity index (χ2n) is 4.52. The van der Waals surface area contributed by atoms with E-state index >= 15 is 0 Å². The summed E-state index contributed by atoms with van der Waals surface area (Å²) >= 11 is 0. The van der Waals surface area contributed by atoms with Crippen molar-refractivity contribution in [3.8, 4) is 0 Å². The number of esters is 1. The van der Waals surface area contributed by atoms with Crippen LogP contribution in [0.5, 0.6) is 0 Å². The molecule has 0 saturated heterocycles. The van der Waals surface area contributed by atoms with Crippen molar-refractivity contribution in [1.29, 1.82) is 0 Å². The minimum atomic E-state index is -1.78. The number of ether oxygens (including phenoxy) is 1. The molecular formula is C15H16F3NO4. The maximum absolute atomic E-state index is 13.7. The Morgan fingerprint density at radius 3 is 2.57 bits per heavy atom. The number of aliphatic hydroxyl groups is 2. The summed E-state index contributed by atoms with van der Waals surface area (Å²) in [4.78, 5) is 15.6. The number of hydrogen-bond acceptors (Lipinski definition) is 5. The minimum Gasteiger partial charge on any atom is -0.506 e. The Labute approximate surface area is 130 Å². The van der Waals surface area contributed by atoms with Gasteiger partial charge in [0.25, 0.3) is 0 Å². The highest BCUT2D eigenvalue weighted by molar-refractivity contribution is 6.15. The molecular weight excluding hydrogens is 315 g/mol. The van der Waals surface area contributed by atoms with Crippen LogP contribution >= 0.6 is 0 Å². The predicted octanol–water partition coefficient (Wildman–Crippen LogP) is 2.39. The maximum Gasteiger partial charge on any atom is 0.343 e. The molecule has 1 atom stereocenters. The van der Waals surface area contributed by atoms with Crippen LogP contribution in [0.15, 0.2) is 22.7 Å². The van der Waals surface area contributed by atoms with E-state index < -0.39 is 46.4 Å². The molecule has 0 unspecified atom stereocenters. The Bertz CT molecular complexity index is 644. The smallest absolute Gasteiger partial charge is 0.343 e. The number of aliphatic imine (C=N–C) groups is 1. The topological polar surface area (TPSA) is 79.1 Å². The first-order chi connectivity index (χ1) is 10.8. The highest BCUT2D eigenvalue weighted by atomic mass is 19.2. The summed E-state index contributed by atoms with van der Waals surface area (Å²) in [6, 6.07) is 0.799. The first kappa shape index (κ1) is 18.7. The third-order valence-electron chi connectivity index (χ3n) is 2.76. The van der Waals surface area contributed by atoms with Crippen molar-refractivity contribution in [1.82, 2.24) is 0 Å². The molecule has 1 rings (SSSR count). The molecule has 0 aromatic heterocycles. The molecule has 0 saturated carbocycles. The van der Waals surface area contributed by atoms with Gasteiger partial charge in [0.05, 0.1) is 24.8 Å². The lowest BCUT2D eigenvalue weighted by atomic mass is 10.1. The number of benzene rings is 1. The number of rotatable bonds is 6. The second-order valence-corrected chi connectivity index (χ2v) is 4.52. The number of carbonyl (C=O) groups excluding carboxylic acids is 1. The number of aliphatic hydroxyl groups excluding tert-OH is 2. The van der Waals surface area contributed by atoms with E-state index in [-0.39, 0.29) is 13.2 Å². The summed E-state index contributed by atoms with van der Waals surface area (Å²) in [7, 11) is 0. The Hall–Kier alpha value is -2.35. The number of halogens is 3. The van der Waals surface area contributed by atoms with E-state index in [1.807, 2.05) is 0 Å². The van der Waals surface area contributed by atoms with E-state index in [9.17, 15) is 23.1 Å². The number of nitrogens with zero attached hydrogens (tertiary/aromatic N) is 1. The van der Waals surface area contributed by atoms with E-state index in [4.69, 9.17) is 9.84 Å². The summed E-state index contributed by atoms with van der Waals surface area (Å²) in [5, 5.41) is 19.0. The Morgan fingerprint density at radius 1 is 1.35 bits per heavy atom. The number of hydrogen-bond donors (Lipinski definition) is 2. The standard InChI is InChI=1S/C15H16F3NO4/c1-3-23-15(22)10(6-19-8(2)7-20)14(21)9-4-5-11(16)13(18)12(9)17/h4-6,8,20-21H,3,7H2,1-2H3/b14-10-,19-6?/t8-/m0/s1. The fourth-order valence-electron chi connectivity index (χ4n) is 1.52. The third-order valence-corrected chi connectivity index (χ3v) is 2.76. The Morgan fingerprint density at radius 2 is 2.00 bits per heavy atom. The zero-order chi connectivity index (χ0) is 17.6. The second kappa shape index (κ2) is 8.33. The molecule has 0 radical (unpaired) electrons. The largest absolute Gasteiger partial charge is 0.506 e. The van der Waals surface area contributed by atoms with Crippen molar-refractivity contribution < 1.29 is 32.9 Å². The van der Waals surface area contributed by atoms with Gasteiger partial charge in [0, 0.05) is 6.21 Å². The molecule has 5 nitrogen and oxygen atoms in total. The quantitative estimate of drug-likeness (QED) is 0.276. The van der Waals surface area contributed by atoms with Crippen LogP contribution in [0.25, 0.3) is 5.76 Å². The van der Waals surface area contributed by atoms with Gasteiger partial charge in [0.15, 0.2) is 17.5 Å². The van der Waals surface area contributed by atoms with Crippen LogP contribution in [-0.2, 0) is 9.53 Å². The van der Waals surface area contributed by atoms with Crippen molar-refractivity contribution in [3.63, 3.8) is 0 Å². The monoisotopic (exact) mass is 331 g/mol. The van der Waals surface area contributed by atoms with Gasteiger partial charge >= 0.3 is 5.97 Å². The van der Waals surface area contributed by atoms with Crippen LogP contribution in [0, 0.1) is 17.5 Å². The maximum atomic E-state index is 13.7. The van der Waals surface area contributed by atoms with Gasteiger partial charge in [-0.25, -0.2) is 18.0 Å². The van der Waals surface area contributed by atoms with Crippen molar-refractivity contribution in [2.45, 2.75) is 19.9 Å². The summed E-state index contributed by atoms with van der Waals surface area (Å²) in [6.07, 6.45) is 0.884. The average molecular weight is 331 g/mol. The zero-order valence-electron chi connectivity index (χ0n) is 12.5. The fraction of sp³-hybridized carbons (Fsp3) is 0.333. The van der Waals surface area contributed by atoms with Gasteiger partial charge in [-0.15, -0.1) is 0 Å². The van der Waals surface area contributed by atoms with Crippen LogP contribution in [0.3, 0.4) is 0 Å². The van der Waals surface area contributed by atoms with Crippen LogP contribution in [0.4, 0.5) is 13.2 Å². The van der Waals surface area contributed by atoms with Crippen LogP contribution in [0.1, 0.15) is 19.4 Å². The summed E-state index contributed by atoms with van der Waals surface area (Å²) in [5.41, 5.74) is -1.26. The molecule has 2 N–H and O–H groups in total. The van der Waals surface area contributed by atoms with Crippen molar-refractivity contribution >= 4 is 17.9 Å². The Kier molecular flexibility index (Phi) is 6.77. The van der Waals surface area contributed by atoms with Crippen LogP contribution < -0.4 is 0 Å². The van der Waals surface area contributed by atoms with E-state index in [2.05, 4.69) is 4.99 Å². The highest BCUT2D eigenvalue weighted by Crippen LogP contribution is 2.23. The van der Waals surface area contributed by atoms with Crippen molar-refractivity contribution in [2.75, 3.05) is 13.2 Å². The van der Waals surface area contributed by atoms with Gasteiger partial charge in [0.1, 0.15) is 11.3 Å². The molecule has 8 heteroatoms. The molecule has 0 aliphatic carbocycles. The van der Waals surface area contributed by atoms with Gasteiger partial charge in [-0.3, -0.25) is 4.99 Å². The molecule has 1 aromatic rings. The highest BCUT2D eigenvalue weighted by Gasteiger charge is 2.22. The van der Waals surface area contributed by atoms with E-state index in [1.165, 1.54) is 13.8 Å². The first-order valence-electron chi connectivity index (χ1n) is 6.71. The zero-order valence-corrected chi connectivity index (χ0v) is 12.5. The minimum absolute atomic E-state index is 0.0285. The molecule has 23 heavy (non-hydrogen) atoms. The van der Waals surface area contributed by atoms with Crippen molar-refractivity contribution in [2.24, 2.45) is 4.99 Å². The van der Waals surface area contributed by atoms with E-state index in [0.29, 0.717) is 6.07 Å². The summed E-state index contributed by atoms with van der Waals surface area (Å²) in [6.45, 7) is 2.68. The molecule has 0 heterocycles. The molecule has 0 amide bonds. The molecule has 0 aliphatic rings. The van der Waals surface area contributed by atoms with Crippen molar-refractivity contribution in [3.05, 3.63) is 40.7 Å². The molecule has 0 aliphatic heterocycles. The summed E-state index contributed by atoms with van der Waals surface area (Å²) < 4.78 is 44.7. The molecule has 0 bridgehead atoms. The average Bonchev–Trinajstić information content (AvgIpc) is 2.52. The summed E-state index contributed by atoms with van der Waals surface area (Å²) in [5.74, 6) is -6.83. The number of carbonyl (C=O) groups is 1. The normalized spacial score (nSPS) is 13.8. The fourth-order valence-corrected chi connectivity index (χ4v) is 1.52. The Balaban J connectivity index is 3.42. The lowest BCUT2D eigenvalue weighted by molar-refractivity contribution is -0.137. The predicted molar refractivity (Wildman–Crippen MR) is 77.5 cm³/mol. The first-order valence-corrected chi connectivity index (χ1v) is 6.71. The van der Waals surface area contributed by atoms with Gasteiger partial charge in [-0.1, -0.05) is 0 Å². The van der Waals surface area contributed by atoms with Gasteiger partial charge in [0.2, 0.25) is 0 Å². The van der Waals surface area contributed by atoms with Crippen LogP contribution in [-0.4, -0.2) is 41.7 Å². The SMILES string of the molecule is CCOC(=O)/C(C=N[C@@H](C)CO)=C(\O)c1ccc(F)c(F)c1F. The molecule has 0 spiro atoms. The van der Waals surface area contributed by atoms with E-state index in [1.54, 1.807) is 0 Å². The lowest BCUT2D eigenvalue weighted by Gasteiger charge is -2.09. The molecule has 0 fully saturated rings. The van der Waals surface area contributed by atoms with Gasteiger partial charge < -0.3 is 14.9 Å². The molecule has 126 valence electrons.